The average molecular weight is 324 g/mol. The summed E-state index contributed by atoms with van der Waals surface area (Å²) in [6.07, 6.45) is -0.578. The first kappa shape index (κ1) is 16.2. The highest BCUT2D eigenvalue weighted by Crippen LogP contribution is 2.19. The lowest BCUT2D eigenvalue weighted by Gasteiger charge is -2.33. The molecule has 2 saturated heterocycles. The van der Waals surface area contributed by atoms with Gasteiger partial charge in [-0.3, -0.25) is 9.69 Å². The molecule has 3 rings (SSSR count). The Morgan fingerprint density at radius 2 is 2.04 bits per heavy atom. The summed E-state index contributed by atoms with van der Waals surface area (Å²) in [5, 5.41) is 10.2. The number of amides is 1. The zero-order valence-corrected chi connectivity index (χ0v) is 12.9. The molecule has 2 fully saturated rings. The molecule has 126 valence electrons. The molecule has 0 bridgehead atoms. The molecule has 7 heteroatoms. The molecule has 0 unspecified atom stereocenters. The first-order valence-corrected chi connectivity index (χ1v) is 7.80. The molecule has 1 aromatic rings. The minimum atomic E-state index is -0.578. The molecular formula is C16H21FN2O4. The number of hydrogen-bond donors (Lipinski definition) is 1. The van der Waals surface area contributed by atoms with Crippen LogP contribution < -0.4 is 4.74 Å². The number of aliphatic hydroxyl groups excluding tert-OH is 1. The van der Waals surface area contributed by atoms with Crippen molar-refractivity contribution in [2.24, 2.45) is 0 Å². The van der Waals surface area contributed by atoms with E-state index in [9.17, 15) is 14.3 Å². The second-order valence-electron chi connectivity index (χ2n) is 5.80. The summed E-state index contributed by atoms with van der Waals surface area (Å²) in [6.45, 7) is 3.32. The number of morpholine rings is 1. The molecule has 0 aromatic heterocycles. The molecule has 2 aliphatic rings. The Bertz CT molecular complexity index is 551. The van der Waals surface area contributed by atoms with Crippen LogP contribution in [0.4, 0.5) is 4.39 Å². The number of carbonyl (C=O) groups excluding carboxylic acids is 1. The Kier molecular flexibility index (Phi) is 5.09. The summed E-state index contributed by atoms with van der Waals surface area (Å²) in [5.41, 5.74) is 0. The van der Waals surface area contributed by atoms with Crippen molar-refractivity contribution in [3.8, 4) is 5.75 Å². The van der Waals surface area contributed by atoms with Crippen LogP contribution in [-0.2, 0) is 9.53 Å². The van der Waals surface area contributed by atoms with Gasteiger partial charge in [0.1, 0.15) is 0 Å². The van der Waals surface area contributed by atoms with Crippen molar-refractivity contribution >= 4 is 5.91 Å². The molecular weight excluding hydrogens is 303 g/mol. The number of halogens is 1. The van der Waals surface area contributed by atoms with E-state index in [0.29, 0.717) is 19.8 Å². The van der Waals surface area contributed by atoms with Crippen molar-refractivity contribution < 1.29 is 23.8 Å². The summed E-state index contributed by atoms with van der Waals surface area (Å²) in [7, 11) is 0. The van der Waals surface area contributed by atoms with Crippen LogP contribution in [0.25, 0.3) is 0 Å². The molecule has 2 atom stereocenters. The maximum atomic E-state index is 13.5. The normalized spacial score (nSPS) is 25.6. The van der Waals surface area contributed by atoms with E-state index in [4.69, 9.17) is 9.47 Å². The highest BCUT2D eigenvalue weighted by Gasteiger charge is 2.38. The van der Waals surface area contributed by atoms with Crippen molar-refractivity contribution in [2.75, 3.05) is 46.0 Å². The standard InChI is InChI=1S/C16H21FN2O4/c17-12-3-1-2-4-15(12)23-11-16(21)19-9-13(14(20)10-19)18-5-7-22-8-6-18/h1-4,13-14,20H,5-11H2/t13-,14-/m1/s1. The number of nitrogens with zero attached hydrogens (tertiary/aromatic N) is 2. The van der Waals surface area contributed by atoms with Gasteiger partial charge in [-0.05, 0) is 12.1 Å². The largest absolute Gasteiger partial charge is 0.481 e. The molecule has 1 amide bonds. The summed E-state index contributed by atoms with van der Waals surface area (Å²) < 4.78 is 24.0. The fourth-order valence-electron chi connectivity index (χ4n) is 3.03. The lowest BCUT2D eigenvalue weighted by Crippen LogP contribution is -2.49. The van der Waals surface area contributed by atoms with E-state index in [1.54, 1.807) is 17.0 Å². The van der Waals surface area contributed by atoms with Gasteiger partial charge >= 0.3 is 0 Å². The van der Waals surface area contributed by atoms with Crippen molar-refractivity contribution in [2.45, 2.75) is 12.1 Å². The van der Waals surface area contributed by atoms with Gasteiger partial charge in [0.15, 0.2) is 18.2 Å². The number of ether oxygens (including phenoxy) is 2. The van der Waals surface area contributed by atoms with Crippen molar-refractivity contribution in [1.29, 1.82) is 0 Å². The highest BCUT2D eigenvalue weighted by atomic mass is 19.1. The topological polar surface area (TPSA) is 62.2 Å². The SMILES string of the molecule is O=C(COc1ccccc1F)N1C[C@@H](O)[C@H](N2CCOCC2)C1. The molecule has 0 radical (unpaired) electrons. The first-order chi connectivity index (χ1) is 11.1. The van der Waals surface area contributed by atoms with Crippen LogP contribution in [0.3, 0.4) is 0 Å². The van der Waals surface area contributed by atoms with E-state index in [0.717, 1.165) is 13.1 Å². The van der Waals surface area contributed by atoms with Crippen LogP contribution in [0.1, 0.15) is 0 Å². The summed E-state index contributed by atoms with van der Waals surface area (Å²) in [4.78, 5) is 16.0. The zero-order valence-electron chi connectivity index (χ0n) is 12.9. The maximum Gasteiger partial charge on any atom is 0.260 e. The number of rotatable bonds is 4. The van der Waals surface area contributed by atoms with E-state index < -0.39 is 11.9 Å². The number of likely N-dealkylation sites (tertiary alicyclic amines) is 1. The number of carbonyl (C=O) groups is 1. The van der Waals surface area contributed by atoms with Crippen molar-refractivity contribution in [3.63, 3.8) is 0 Å². The lowest BCUT2D eigenvalue weighted by molar-refractivity contribution is -0.132. The third-order valence-corrected chi connectivity index (χ3v) is 4.31. The van der Waals surface area contributed by atoms with E-state index in [1.807, 2.05) is 0 Å². The van der Waals surface area contributed by atoms with Gasteiger partial charge in [0, 0.05) is 26.2 Å². The van der Waals surface area contributed by atoms with Gasteiger partial charge < -0.3 is 19.5 Å². The maximum absolute atomic E-state index is 13.5. The summed E-state index contributed by atoms with van der Waals surface area (Å²) in [5.74, 6) is -0.679. The van der Waals surface area contributed by atoms with E-state index in [2.05, 4.69) is 4.90 Å². The fourth-order valence-corrected chi connectivity index (χ4v) is 3.03. The van der Waals surface area contributed by atoms with Gasteiger partial charge in [0.25, 0.3) is 5.91 Å². The smallest absolute Gasteiger partial charge is 0.260 e. The summed E-state index contributed by atoms with van der Waals surface area (Å²) >= 11 is 0. The van der Waals surface area contributed by atoms with Crippen LogP contribution in [-0.4, -0.2) is 79.0 Å². The third-order valence-electron chi connectivity index (χ3n) is 4.31. The van der Waals surface area contributed by atoms with Crippen molar-refractivity contribution in [1.82, 2.24) is 9.80 Å². The molecule has 2 aliphatic heterocycles. The van der Waals surface area contributed by atoms with Gasteiger partial charge in [-0.1, -0.05) is 12.1 Å². The molecule has 1 aromatic carbocycles. The van der Waals surface area contributed by atoms with E-state index >= 15 is 0 Å². The van der Waals surface area contributed by atoms with Gasteiger partial charge in [0.05, 0.1) is 25.4 Å². The second kappa shape index (κ2) is 7.25. The van der Waals surface area contributed by atoms with Gasteiger partial charge in [-0.15, -0.1) is 0 Å². The lowest BCUT2D eigenvalue weighted by atomic mass is 10.2. The Morgan fingerprint density at radius 3 is 2.78 bits per heavy atom. The number of benzene rings is 1. The van der Waals surface area contributed by atoms with Crippen LogP contribution in [0, 0.1) is 5.82 Å². The van der Waals surface area contributed by atoms with Crippen LogP contribution in [0.2, 0.25) is 0 Å². The summed E-state index contributed by atoms with van der Waals surface area (Å²) in [6, 6.07) is 5.91. The quantitative estimate of drug-likeness (QED) is 0.852. The fraction of sp³-hybridized carbons (Fsp3) is 0.562. The molecule has 23 heavy (non-hydrogen) atoms. The van der Waals surface area contributed by atoms with Gasteiger partial charge in [-0.2, -0.15) is 0 Å². The molecule has 6 nitrogen and oxygen atoms in total. The van der Waals surface area contributed by atoms with Gasteiger partial charge in [0.2, 0.25) is 0 Å². The molecule has 2 heterocycles. The van der Waals surface area contributed by atoms with Gasteiger partial charge in [-0.25, -0.2) is 4.39 Å². The number of aliphatic hydroxyl groups is 1. The number of hydrogen-bond acceptors (Lipinski definition) is 5. The second-order valence-corrected chi connectivity index (χ2v) is 5.80. The van der Waals surface area contributed by atoms with E-state index in [1.165, 1.54) is 12.1 Å². The Hall–Kier alpha value is -1.70. The molecule has 0 saturated carbocycles. The van der Waals surface area contributed by atoms with Crippen molar-refractivity contribution in [3.05, 3.63) is 30.1 Å². The molecule has 1 N–H and O–H groups in total. The van der Waals surface area contributed by atoms with Crippen LogP contribution in [0.15, 0.2) is 24.3 Å². The third kappa shape index (κ3) is 3.80. The molecule has 0 aliphatic carbocycles. The van der Waals surface area contributed by atoms with Crippen LogP contribution >= 0.6 is 0 Å². The number of para-hydroxylation sites is 1. The minimum absolute atomic E-state index is 0.0605. The molecule has 0 spiro atoms. The highest BCUT2D eigenvalue weighted by molar-refractivity contribution is 5.78. The van der Waals surface area contributed by atoms with Crippen LogP contribution in [0.5, 0.6) is 5.75 Å². The minimum Gasteiger partial charge on any atom is -0.481 e. The first-order valence-electron chi connectivity index (χ1n) is 7.80. The Balaban J connectivity index is 1.53. The zero-order chi connectivity index (χ0) is 16.2. The predicted octanol–water partition coefficient (Wildman–Crippen LogP) is 0.108. The predicted molar refractivity (Wildman–Crippen MR) is 80.7 cm³/mol. The number of β-amino-alcohol motifs (C(OH)–C–C–N with tert-alkyl or cyclic N) is 1. The Labute approximate surface area is 134 Å². The monoisotopic (exact) mass is 324 g/mol. The van der Waals surface area contributed by atoms with E-state index in [-0.39, 0.29) is 30.9 Å². The average Bonchev–Trinajstić information content (AvgIpc) is 2.96. The Morgan fingerprint density at radius 1 is 1.30 bits per heavy atom.